The molecule has 2 aromatic heterocycles. The van der Waals surface area contributed by atoms with Gasteiger partial charge in [-0.05, 0) is 62.7 Å². The number of aromatic carboxylic acids is 1. The Morgan fingerprint density at radius 2 is 2.00 bits per heavy atom. The van der Waals surface area contributed by atoms with Gasteiger partial charge in [0, 0.05) is 35.4 Å². The van der Waals surface area contributed by atoms with Gasteiger partial charge in [0.15, 0.2) is 0 Å². The third kappa shape index (κ3) is 6.14. The van der Waals surface area contributed by atoms with Crippen molar-refractivity contribution in [3.63, 3.8) is 0 Å². The SMILES string of the molecule is C=Cc1cc(C(=O)O)cc2c1nc(CN1CCC(c3cccc(OCc4ccc(C#N)cc4F)n3)CC1)n2CC1CCO1. The molecule has 4 aromatic rings. The van der Waals surface area contributed by atoms with Crippen LogP contribution in [0, 0.1) is 17.1 Å². The maximum absolute atomic E-state index is 14.3. The average Bonchev–Trinajstić information content (AvgIpc) is 3.34. The van der Waals surface area contributed by atoms with Gasteiger partial charge in [0.2, 0.25) is 5.88 Å². The lowest BCUT2D eigenvalue weighted by Crippen LogP contribution is -2.35. The van der Waals surface area contributed by atoms with Gasteiger partial charge < -0.3 is 19.1 Å². The lowest BCUT2D eigenvalue weighted by Gasteiger charge is -2.32. The highest BCUT2D eigenvalue weighted by Gasteiger charge is 2.27. The van der Waals surface area contributed by atoms with Crippen molar-refractivity contribution in [3.8, 4) is 11.9 Å². The van der Waals surface area contributed by atoms with Crippen molar-refractivity contribution in [2.45, 2.75) is 51.0 Å². The molecule has 0 aliphatic carbocycles. The monoisotopic (exact) mass is 581 g/mol. The topological polar surface area (TPSA) is 113 Å². The van der Waals surface area contributed by atoms with Gasteiger partial charge in [-0.25, -0.2) is 19.2 Å². The molecule has 2 aliphatic heterocycles. The zero-order chi connectivity index (χ0) is 29.9. The van der Waals surface area contributed by atoms with Crippen LogP contribution in [0.1, 0.15) is 63.7 Å². The number of likely N-dealkylation sites (tertiary alicyclic amines) is 1. The van der Waals surface area contributed by atoms with Gasteiger partial charge >= 0.3 is 5.97 Å². The first-order valence-electron chi connectivity index (χ1n) is 14.4. The third-order valence-electron chi connectivity index (χ3n) is 8.28. The Morgan fingerprint density at radius 3 is 2.67 bits per heavy atom. The lowest BCUT2D eigenvalue weighted by molar-refractivity contribution is -0.0592. The van der Waals surface area contributed by atoms with Gasteiger partial charge in [-0.3, -0.25) is 4.90 Å². The molecule has 0 spiro atoms. The number of carbonyl (C=O) groups is 1. The Balaban J connectivity index is 1.13. The summed E-state index contributed by atoms with van der Waals surface area (Å²) in [7, 11) is 0. The average molecular weight is 582 g/mol. The van der Waals surface area contributed by atoms with Crippen molar-refractivity contribution < 1.29 is 23.8 Å². The van der Waals surface area contributed by atoms with E-state index in [-0.39, 0.29) is 29.8 Å². The number of pyridine rings is 1. The maximum Gasteiger partial charge on any atom is 0.335 e. The second kappa shape index (κ2) is 12.3. The van der Waals surface area contributed by atoms with Crippen LogP contribution < -0.4 is 4.74 Å². The van der Waals surface area contributed by atoms with Crippen LogP contribution in [0.5, 0.6) is 5.88 Å². The molecule has 4 heterocycles. The van der Waals surface area contributed by atoms with Crippen molar-refractivity contribution in [2.75, 3.05) is 19.7 Å². The standard InChI is InChI=1S/C33H32FN5O4/c1-2-22-15-25(33(40)41)16-29-32(22)37-30(39(29)18-26-10-13-42-26)19-38-11-8-23(9-12-38)28-4-3-5-31(36-28)43-20-24-7-6-21(17-35)14-27(24)34/h2-7,14-16,23,26H,1,8-13,18-20H2,(H,40,41). The van der Waals surface area contributed by atoms with E-state index in [9.17, 15) is 14.3 Å². The summed E-state index contributed by atoms with van der Waals surface area (Å²) >= 11 is 0. The number of nitrogens with zero attached hydrogens (tertiary/aromatic N) is 5. The number of halogens is 1. The number of carboxylic acids is 1. The summed E-state index contributed by atoms with van der Waals surface area (Å²) in [5.41, 5.74) is 4.05. The molecule has 2 aromatic carbocycles. The van der Waals surface area contributed by atoms with Crippen LogP contribution >= 0.6 is 0 Å². The number of carboxylic acid groups (broad SMARTS) is 1. The Labute approximate surface area is 248 Å². The van der Waals surface area contributed by atoms with E-state index in [0.29, 0.717) is 30.1 Å². The number of aromatic nitrogens is 3. The van der Waals surface area contributed by atoms with Gasteiger partial charge in [0.25, 0.3) is 0 Å². The molecule has 2 saturated heterocycles. The maximum atomic E-state index is 14.3. The van der Waals surface area contributed by atoms with E-state index in [2.05, 4.69) is 16.0 Å². The third-order valence-corrected chi connectivity index (χ3v) is 8.28. The zero-order valence-corrected chi connectivity index (χ0v) is 23.7. The fraction of sp³-hybridized carbons (Fsp3) is 0.333. The van der Waals surface area contributed by atoms with Crippen molar-refractivity contribution in [1.29, 1.82) is 5.26 Å². The summed E-state index contributed by atoms with van der Waals surface area (Å²) in [4.78, 5) is 23.9. The number of fused-ring (bicyclic) bond motifs is 1. The number of ether oxygens (including phenoxy) is 2. The molecular formula is C33H32FN5O4. The number of piperidine rings is 1. The number of nitriles is 1. The predicted molar refractivity (Wildman–Crippen MR) is 158 cm³/mol. The number of rotatable bonds is 10. The molecule has 1 atom stereocenters. The van der Waals surface area contributed by atoms with Crippen LogP contribution in [0.2, 0.25) is 0 Å². The Kier molecular flexibility index (Phi) is 8.18. The first-order chi connectivity index (χ1) is 20.9. The molecule has 10 heteroatoms. The summed E-state index contributed by atoms with van der Waals surface area (Å²) in [5.74, 6) is 0.136. The van der Waals surface area contributed by atoms with Gasteiger partial charge in [-0.2, -0.15) is 5.26 Å². The quantitative estimate of drug-likeness (QED) is 0.260. The van der Waals surface area contributed by atoms with Crippen molar-refractivity contribution >= 4 is 23.1 Å². The molecule has 0 radical (unpaired) electrons. The Bertz CT molecular complexity index is 1720. The second-order valence-corrected chi connectivity index (χ2v) is 11.0. The van der Waals surface area contributed by atoms with Crippen molar-refractivity contribution in [1.82, 2.24) is 19.4 Å². The molecule has 1 unspecified atom stereocenters. The van der Waals surface area contributed by atoms with Crippen LogP contribution in [0.25, 0.3) is 17.1 Å². The lowest BCUT2D eigenvalue weighted by atomic mass is 9.93. The van der Waals surface area contributed by atoms with E-state index in [1.165, 1.54) is 6.07 Å². The van der Waals surface area contributed by atoms with E-state index in [1.807, 2.05) is 18.2 Å². The molecule has 220 valence electrons. The second-order valence-electron chi connectivity index (χ2n) is 11.0. The van der Waals surface area contributed by atoms with Crippen LogP contribution in [0.4, 0.5) is 4.39 Å². The van der Waals surface area contributed by atoms with Gasteiger partial charge in [0.1, 0.15) is 18.2 Å². The number of imidazole rings is 1. The van der Waals surface area contributed by atoms with Gasteiger partial charge in [-0.1, -0.05) is 24.8 Å². The first-order valence-corrected chi connectivity index (χ1v) is 14.4. The van der Waals surface area contributed by atoms with Crippen molar-refractivity contribution in [3.05, 3.63) is 94.7 Å². The number of benzene rings is 2. The molecule has 2 aliphatic rings. The van der Waals surface area contributed by atoms with Crippen LogP contribution in [0.3, 0.4) is 0 Å². The fourth-order valence-corrected chi connectivity index (χ4v) is 5.74. The smallest absolute Gasteiger partial charge is 0.335 e. The molecule has 43 heavy (non-hydrogen) atoms. The predicted octanol–water partition coefficient (Wildman–Crippen LogP) is 5.53. The summed E-state index contributed by atoms with van der Waals surface area (Å²) in [6, 6.07) is 15.3. The van der Waals surface area contributed by atoms with E-state index in [0.717, 1.165) is 61.5 Å². The molecule has 2 fully saturated rings. The highest BCUT2D eigenvalue weighted by molar-refractivity contribution is 5.96. The van der Waals surface area contributed by atoms with Crippen LogP contribution in [-0.4, -0.2) is 56.3 Å². The molecule has 9 nitrogen and oxygen atoms in total. The molecule has 1 N–H and O–H groups in total. The minimum atomic E-state index is -0.981. The van der Waals surface area contributed by atoms with E-state index >= 15 is 0 Å². The van der Waals surface area contributed by atoms with Gasteiger partial charge in [-0.15, -0.1) is 0 Å². The molecular weight excluding hydrogens is 549 g/mol. The molecule has 0 saturated carbocycles. The zero-order valence-electron chi connectivity index (χ0n) is 23.7. The van der Waals surface area contributed by atoms with Crippen molar-refractivity contribution in [2.24, 2.45) is 0 Å². The fourth-order valence-electron chi connectivity index (χ4n) is 5.74. The largest absolute Gasteiger partial charge is 0.478 e. The number of hydrogen-bond donors (Lipinski definition) is 1. The summed E-state index contributed by atoms with van der Waals surface area (Å²) in [5, 5.41) is 18.6. The molecule has 6 rings (SSSR count). The molecule has 0 bridgehead atoms. The van der Waals surface area contributed by atoms with E-state index in [1.54, 1.807) is 36.4 Å². The van der Waals surface area contributed by atoms with Gasteiger partial charge in [0.05, 0.1) is 47.4 Å². The Hall–Kier alpha value is -4.59. The minimum Gasteiger partial charge on any atom is -0.478 e. The van der Waals surface area contributed by atoms with Crippen LogP contribution in [-0.2, 0) is 24.4 Å². The summed E-state index contributed by atoms with van der Waals surface area (Å²) < 4.78 is 27.9. The summed E-state index contributed by atoms with van der Waals surface area (Å²) in [6.45, 7) is 7.63. The normalized spacial score (nSPS) is 17.3. The minimum absolute atomic E-state index is 0.0286. The highest BCUT2D eigenvalue weighted by Crippen LogP contribution is 2.31. The summed E-state index contributed by atoms with van der Waals surface area (Å²) in [6.07, 6.45) is 4.54. The van der Waals surface area contributed by atoms with E-state index in [4.69, 9.17) is 24.7 Å². The van der Waals surface area contributed by atoms with Crippen LogP contribution in [0.15, 0.2) is 55.1 Å². The Morgan fingerprint density at radius 1 is 1.19 bits per heavy atom. The number of hydrogen-bond acceptors (Lipinski definition) is 7. The highest BCUT2D eigenvalue weighted by atomic mass is 19.1. The first kappa shape index (κ1) is 28.5. The molecule has 0 amide bonds. The van der Waals surface area contributed by atoms with E-state index < -0.39 is 11.8 Å².